The molecule has 0 spiro atoms. The van der Waals surface area contributed by atoms with Gasteiger partial charge in [0.05, 0.1) is 0 Å². The Morgan fingerprint density at radius 2 is 1.28 bits per heavy atom. The summed E-state index contributed by atoms with van der Waals surface area (Å²) in [7, 11) is -7.22. The fourth-order valence-electron chi connectivity index (χ4n) is 1.43. The molecule has 0 saturated heterocycles. The molecule has 0 heterocycles. The maximum atomic E-state index is 11.4. The van der Waals surface area contributed by atoms with Gasteiger partial charge < -0.3 is 0 Å². The smallest absolute Gasteiger partial charge is 0.166 e. The Bertz CT molecular complexity index is 513. The second-order valence-electron chi connectivity index (χ2n) is 3.78. The monoisotopic (exact) mass is 292 g/mol. The summed E-state index contributed by atoms with van der Waals surface area (Å²) in [6, 6.07) is 8.71. The van der Waals surface area contributed by atoms with E-state index in [-0.39, 0.29) is 6.42 Å². The van der Waals surface area contributed by atoms with Crippen LogP contribution in [-0.2, 0) is 26.1 Å². The summed E-state index contributed by atoms with van der Waals surface area (Å²) >= 11 is 0. The van der Waals surface area contributed by atoms with Gasteiger partial charge in [-0.25, -0.2) is 16.8 Å². The van der Waals surface area contributed by atoms with Crippen molar-refractivity contribution in [2.45, 2.75) is 24.9 Å². The first kappa shape index (κ1) is 17.1. The van der Waals surface area contributed by atoms with Gasteiger partial charge in [-0.15, -0.1) is 0 Å². The van der Waals surface area contributed by atoms with E-state index < -0.39 is 24.3 Å². The summed E-state index contributed by atoms with van der Waals surface area (Å²) in [5.74, 6) is 0. The lowest BCUT2D eigenvalue weighted by Crippen LogP contribution is -2.30. The molecule has 1 aromatic rings. The molecule has 0 fully saturated rings. The average Bonchev–Trinajstić information content (AvgIpc) is 2.27. The molecular formula is C12H20O4S2. The van der Waals surface area contributed by atoms with Crippen LogP contribution in [-0.4, -0.2) is 33.9 Å². The Hall–Kier alpha value is -0.880. The highest BCUT2D eigenvalue weighted by molar-refractivity contribution is 8.08. The van der Waals surface area contributed by atoms with Gasteiger partial charge >= 0.3 is 0 Å². The van der Waals surface area contributed by atoms with Gasteiger partial charge in [-0.1, -0.05) is 44.2 Å². The number of rotatable bonds is 4. The van der Waals surface area contributed by atoms with E-state index in [1.165, 1.54) is 0 Å². The van der Waals surface area contributed by atoms with Crippen LogP contribution in [0.1, 0.15) is 19.4 Å². The predicted octanol–water partition coefficient (Wildman–Crippen LogP) is 1.67. The predicted molar refractivity (Wildman–Crippen MR) is 75.0 cm³/mol. The van der Waals surface area contributed by atoms with Crippen LogP contribution in [0.5, 0.6) is 0 Å². The van der Waals surface area contributed by atoms with Gasteiger partial charge in [0.2, 0.25) is 0 Å². The van der Waals surface area contributed by atoms with Crippen molar-refractivity contribution in [1.82, 2.24) is 0 Å². The summed E-state index contributed by atoms with van der Waals surface area (Å²) in [6.07, 6.45) is 1.89. The third-order valence-corrected chi connectivity index (χ3v) is 6.54. The molecule has 104 valence electrons. The first-order chi connectivity index (χ1) is 8.21. The van der Waals surface area contributed by atoms with E-state index in [1.807, 2.05) is 13.8 Å². The van der Waals surface area contributed by atoms with E-state index in [2.05, 4.69) is 0 Å². The van der Waals surface area contributed by atoms with Gasteiger partial charge in [0, 0.05) is 18.9 Å². The van der Waals surface area contributed by atoms with Gasteiger partial charge in [0.25, 0.3) is 0 Å². The van der Waals surface area contributed by atoms with Crippen molar-refractivity contribution in [3.8, 4) is 0 Å². The lowest BCUT2D eigenvalue weighted by Gasteiger charge is -2.12. The molecule has 0 aliphatic heterocycles. The summed E-state index contributed by atoms with van der Waals surface area (Å²) in [4.78, 5) is 0. The van der Waals surface area contributed by atoms with E-state index in [1.54, 1.807) is 30.3 Å². The molecule has 1 aromatic carbocycles. The van der Waals surface area contributed by atoms with Crippen molar-refractivity contribution >= 4 is 19.7 Å². The van der Waals surface area contributed by atoms with E-state index in [4.69, 9.17) is 0 Å². The third-order valence-electron chi connectivity index (χ3n) is 2.20. The summed E-state index contributed by atoms with van der Waals surface area (Å²) in [6.45, 7) is 4.00. The molecule has 4 nitrogen and oxygen atoms in total. The first-order valence-electron chi connectivity index (χ1n) is 5.63. The molecule has 6 heteroatoms. The number of hydrogen-bond donors (Lipinski definition) is 0. The normalized spacial score (nSPS) is 11.8. The number of hydrogen-bond acceptors (Lipinski definition) is 4. The molecule has 0 bridgehead atoms. The quantitative estimate of drug-likeness (QED) is 0.846. The Kier molecular flexibility index (Phi) is 6.56. The fraction of sp³-hybridized carbons (Fsp3) is 0.500. The Balaban J connectivity index is 0.00000137. The molecule has 1 rings (SSSR count). The van der Waals surface area contributed by atoms with Crippen LogP contribution in [0, 0.1) is 0 Å². The molecule has 0 radical (unpaired) electrons. The zero-order valence-electron chi connectivity index (χ0n) is 11.1. The lowest BCUT2D eigenvalue weighted by atomic mass is 10.2. The van der Waals surface area contributed by atoms with Crippen LogP contribution in [0.3, 0.4) is 0 Å². The van der Waals surface area contributed by atoms with Crippen molar-refractivity contribution in [3.63, 3.8) is 0 Å². The number of sulfone groups is 2. The van der Waals surface area contributed by atoms with Crippen molar-refractivity contribution in [2.75, 3.05) is 12.5 Å². The highest BCUT2D eigenvalue weighted by Crippen LogP contribution is 2.14. The van der Waals surface area contributed by atoms with Crippen molar-refractivity contribution in [1.29, 1.82) is 0 Å². The SMILES string of the molecule is CC.CS(=O)(=O)C(Cc1ccccc1)S(C)(=O)=O. The van der Waals surface area contributed by atoms with Gasteiger partial charge in [-0.2, -0.15) is 0 Å². The van der Waals surface area contributed by atoms with Crippen molar-refractivity contribution < 1.29 is 16.8 Å². The zero-order valence-corrected chi connectivity index (χ0v) is 12.8. The molecule has 18 heavy (non-hydrogen) atoms. The van der Waals surface area contributed by atoms with E-state index >= 15 is 0 Å². The lowest BCUT2D eigenvalue weighted by molar-refractivity contribution is 0.580. The zero-order chi connectivity index (χ0) is 14.4. The third kappa shape index (κ3) is 5.64. The largest absolute Gasteiger partial charge is 0.228 e. The minimum atomic E-state index is -3.61. The van der Waals surface area contributed by atoms with Crippen LogP contribution in [0.4, 0.5) is 0 Å². The van der Waals surface area contributed by atoms with Crippen LogP contribution in [0.25, 0.3) is 0 Å². The highest BCUT2D eigenvalue weighted by Gasteiger charge is 2.31. The molecule has 0 aliphatic rings. The van der Waals surface area contributed by atoms with Gasteiger partial charge in [0.1, 0.15) is 0 Å². The number of benzene rings is 1. The maximum Gasteiger partial charge on any atom is 0.166 e. The Labute approximate surface area is 110 Å². The fourth-order valence-corrected chi connectivity index (χ4v) is 4.96. The second kappa shape index (κ2) is 6.89. The second-order valence-corrected chi connectivity index (χ2v) is 8.53. The molecule has 0 atom stereocenters. The summed E-state index contributed by atoms with van der Waals surface area (Å²) < 4.78 is 44.3. The summed E-state index contributed by atoms with van der Waals surface area (Å²) in [5.41, 5.74) is 0.698. The van der Waals surface area contributed by atoms with Crippen molar-refractivity contribution in [3.05, 3.63) is 35.9 Å². The van der Waals surface area contributed by atoms with Crippen LogP contribution < -0.4 is 0 Å². The van der Waals surface area contributed by atoms with Crippen LogP contribution in [0.15, 0.2) is 30.3 Å². The first-order valence-corrected chi connectivity index (χ1v) is 9.54. The molecule has 0 aliphatic carbocycles. The maximum absolute atomic E-state index is 11.4. The van der Waals surface area contributed by atoms with E-state index in [0.29, 0.717) is 5.56 Å². The van der Waals surface area contributed by atoms with E-state index in [9.17, 15) is 16.8 Å². The van der Waals surface area contributed by atoms with Gasteiger partial charge in [-0.3, -0.25) is 0 Å². The molecule has 0 unspecified atom stereocenters. The minimum absolute atomic E-state index is 0.00148. The molecule has 0 saturated carbocycles. The van der Waals surface area contributed by atoms with Crippen LogP contribution in [0.2, 0.25) is 0 Å². The van der Waals surface area contributed by atoms with Crippen molar-refractivity contribution in [2.24, 2.45) is 0 Å². The summed E-state index contributed by atoms with van der Waals surface area (Å²) in [5, 5.41) is 0. The Morgan fingerprint density at radius 3 is 1.61 bits per heavy atom. The van der Waals surface area contributed by atoms with Crippen LogP contribution >= 0.6 is 0 Å². The molecular weight excluding hydrogens is 272 g/mol. The van der Waals surface area contributed by atoms with Gasteiger partial charge in [0.15, 0.2) is 24.3 Å². The minimum Gasteiger partial charge on any atom is -0.228 e. The standard InChI is InChI=1S/C10H14O4S2.C2H6/c1-15(11,12)10(16(2,13)14)8-9-6-4-3-5-7-9;1-2/h3-7,10H,8H2,1-2H3;1-2H3. The topological polar surface area (TPSA) is 68.3 Å². The average molecular weight is 292 g/mol. The Morgan fingerprint density at radius 1 is 0.889 bits per heavy atom. The highest BCUT2D eigenvalue weighted by atomic mass is 32.3. The molecule has 0 N–H and O–H groups in total. The van der Waals surface area contributed by atoms with Gasteiger partial charge in [-0.05, 0) is 5.56 Å². The molecule has 0 amide bonds. The van der Waals surface area contributed by atoms with E-state index in [0.717, 1.165) is 12.5 Å². The molecule has 0 aromatic heterocycles.